The highest BCUT2D eigenvalue weighted by atomic mass is 127. The van der Waals surface area contributed by atoms with Gasteiger partial charge in [0, 0.05) is 31.8 Å². The van der Waals surface area contributed by atoms with E-state index in [1.54, 1.807) is 12.1 Å². The molecule has 0 bridgehead atoms. The van der Waals surface area contributed by atoms with Gasteiger partial charge in [-0.1, -0.05) is 24.3 Å². The van der Waals surface area contributed by atoms with Crippen LogP contribution in [0.3, 0.4) is 0 Å². The van der Waals surface area contributed by atoms with Gasteiger partial charge in [-0.05, 0) is 17.7 Å². The molecule has 28 heavy (non-hydrogen) atoms. The van der Waals surface area contributed by atoms with E-state index in [0.717, 1.165) is 12.1 Å². The van der Waals surface area contributed by atoms with Gasteiger partial charge in [0.15, 0.2) is 5.96 Å². The van der Waals surface area contributed by atoms with E-state index in [0.29, 0.717) is 11.6 Å². The predicted molar refractivity (Wildman–Crippen MR) is 107 cm³/mol. The van der Waals surface area contributed by atoms with Gasteiger partial charge in [-0.2, -0.15) is 13.2 Å². The minimum atomic E-state index is -4.69. The zero-order chi connectivity index (χ0) is 20.0. The molecule has 0 aromatic heterocycles. The third kappa shape index (κ3) is 6.32. The Hall–Kier alpha value is -2.44. The zero-order valence-electron chi connectivity index (χ0n) is 14.6. The molecule has 152 valence electrons. The van der Waals surface area contributed by atoms with Crippen molar-refractivity contribution in [3.8, 4) is 0 Å². The first kappa shape index (κ1) is 23.6. The molecule has 0 amide bonds. The maximum Gasteiger partial charge on any atom is 0.416 e. The van der Waals surface area contributed by atoms with Crippen molar-refractivity contribution in [2.45, 2.75) is 19.3 Å². The van der Waals surface area contributed by atoms with Crippen LogP contribution < -0.4 is 10.6 Å². The standard InChI is InChI=1S/C17H16F4N4O2.HI/c1-22-16(24-10-12-4-2-3-5-15(12)25(26)27)23-9-11-6-7-13(18)8-14(11)17(19,20)21;/h2-8H,9-10H2,1H3,(H2,22,23,24);1H. The summed E-state index contributed by atoms with van der Waals surface area (Å²) in [5.41, 5.74) is -0.928. The molecule has 11 heteroatoms. The third-order valence-corrected chi connectivity index (χ3v) is 3.68. The van der Waals surface area contributed by atoms with Crippen LogP contribution in [0.25, 0.3) is 0 Å². The van der Waals surface area contributed by atoms with E-state index < -0.39 is 22.5 Å². The molecule has 2 N–H and O–H groups in total. The van der Waals surface area contributed by atoms with E-state index in [1.807, 2.05) is 0 Å². The highest BCUT2D eigenvalue weighted by molar-refractivity contribution is 14.0. The molecule has 0 aliphatic carbocycles. The number of alkyl halides is 3. The van der Waals surface area contributed by atoms with E-state index in [9.17, 15) is 27.7 Å². The van der Waals surface area contributed by atoms with Gasteiger partial charge < -0.3 is 10.6 Å². The van der Waals surface area contributed by atoms with Crippen molar-refractivity contribution in [3.05, 3.63) is 75.1 Å². The average Bonchev–Trinajstić information content (AvgIpc) is 2.62. The lowest BCUT2D eigenvalue weighted by atomic mass is 10.1. The first-order valence-corrected chi connectivity index (χ1v) is 7.75. The van der Waals surface area contributed by atoms with Crippen molar-refractivity contribution in [1.82, 2.24) is 10.6 Å². The van der Waals surface area contributed by atoms with E-state index >= 15 is 0 Å². The molecule has 6 nitrogen and oxygen atoms in total. The summed E-state index contributed by atoms with van der Waals surface area (Å²) in [4.78, 5) is 14.3. The Morgan fingerprint density at radius 1 is 1.11 bits per heavy atom. The van der Waals surface area contributed by atoms with Crippen molar-refractivity contribution in [1.29, 1.82) is 0 Å². The number of hydrogen-bond acceptors (Lipinski definition) is 3. The zero-order valence-corrected chi connectivity index (χ0v) is 16.9. The van der Waals surface area contributed by atoms with Gasteiger partial charge in [0.05, 0.1) is 10.5 Å². The van der Waals surface area contributed by atoms with E-state index in [-0.39, 0.29) is 54.3 Å². The Morgan fingerprint density at radius 2 is 1.71 bits per heavy atom. The lowest BCUT2D eigenvalue weighted by molar-refractivity contribution is -0.385. The lowest BCUT2D eigenvalue weighted by Gasteiger charge is -2.16. The number of para-hydroxylation sites is 1. The van der Waals surface area contributed by atoms with Crippen molar-refractivity contribution in [3.63, 3.8) is 0 Å². The summed E-state index contributed by atoms with van der Waals surface area (Å²) in [7, 11) is 1.41. The fourth-order valence-electron chi connectivity index (χ4n) is 2.38. The normalized spacial score (nSPS) is 11.5. The van der Waals surface area contributed by atoms with Crippen LogP contribution in [0.5, 0.6) is 0 Å². The number of nitro groups is 1. The fraction of sp³-hybridized carbons (Fsp3) is 0.235. The monoisotopic (exact) mass is 512 g/mol. The van der Waals surface area contributed by atoms with Crippen molar-refractivity contribution in [2.24, 2.45) is 4.99 Å². The van der Waals surface area contributed by atoms with Gasteiger partial charge >= 0.3 is 6.18 Å². The summed E-state index contributed by atoms with van der Waals surface area (Å²) < 4.78 is 52.2. The molecular formula is C17H17F4IN4O2. The summed E-state index contributed by atoms with van der Waals surface area (Å²) in [6, 6.07) is 8.48. The van der Waals surface area contributed by atoms with Gasteiger partial charge in [0.25, 0.3) is 5.69 Å². The Balaban J connectivity index is 0.00000392. The minimum absolute atomic E-state index is 0. The maximum absolute atomic E-state index is 13.1. The quantitative estimate of drug-likeness (QED) is 0.157. The number of hydrogen-bond donors (Lipinski definition) is 2. The topological polar surface area (TPSA) is 79.6 Å². The molecule has 2 aromatic carbocycles. The van der Waals surface area contributed by atoms with Gasteiger partial charge in [0.2, 0.25) is 0 Å². The van der Waals surface area contributed by atoms with Crippen LogP contribution >= 0.6 is 24.0 Å². The summed E-state index contributed by atoms with van der Waals surface area (Å²) in [6.07, 6.45) is -4.69. The number of nitro benzene ring substituents is 1. The summed E-state index contributed by atoms with van der Waals surface area (Å²) in [5, 5.41) is 16.5. The first-order valence-electron chi connectivity index (χ1n) is 7.75. The van der Waals surface area contributed by atoms with Crippen molar-refractivity contribution < 1.29 is 22.5 Å². The van der Waals surface area contributed by atoms with Gasteiger partial charge in [-0.25, -0.2) is 4.39 Å². The number of rotatable bonds is 5. The molecule has 0 fully saturated rings. The second-order valence-electron chi connectivity index (χ2n) is 5.46. The molecule has 0 spiro atoms. The van der Waals surface area contributed by atoms with Crippen LogP contribution in [0.2, 0.25) is 0 Å². The number of halogens is 5. The summed E-state index contributed by atoms with van der Waals surface area (Å²) >= 11 is 0. The van der Waals surface area contributed by atoms with Crippen LogP contribution in [0.15, 0.2) is 47.5 Å². The number of benzene rings is 2. The number of guanidine groups is 1. The van der Waals surface area contributed by atoms with Crippen molar-refractivity contribution in [2.75, 3.05) is 7.05 Å². The number of nitrogens with one attached hydrogen (secondary N) is 2. The Morgan fingerprint density at radius 3 is 2.29 bits per heavy atom. The maximum atomic E-state index is 13.1. The SMILES string of the molecule is CN=C(NCc1ccccc1[N+](=O)[O-])NCc1ccc(F)cc1C(F)(F)F.I. The van der Waals surface area contributed by atoms with E-state index in [4.69, 9.17) is 0 Å². The molecule has 0 heterocycles. The largest absolute Gasteiger partial charge is 0.416 e. The smallest absolute Gasteiger partial charge is 0.352 e. The van der Waals surface area contributed by atoms with Crippen molar-refractivity contribution >= 4 is 35.6 Å². The molecule has 0 aliphatic heterocycles. The molecule has 2 aromatic rings. The van der Waals surface area contributed by atoms with E-state index in [1.165, 1.54) is 19.2 Å². The predicted octanol–water partition coefficient (Wildman–Crippen LogP) is 4.24. The number of aliphatic imine (C=N–C) groups is 1. The lowest BCUT2D eigenvalue weighted by Crippen LogP contribution is -2.36. The molecule has 0 saturated carbocycles. The Bertz CT molecular complexity index is 859. The molecule has 0 saturated heterocycles. The molecule has 0 unspecified atom stereocenters. The third-order valence-electron chi connectivity index (χ3n) is 3.68. The fourth-order valence-corrected chi connectivity index (χ4v) is 2.38. The van der Waals surface area contributed by atoms with Gasteiger partial charge in [-0.3, -0.25) is 15.1 Å². The molecule has 0 radical (unpaired) electrons. The first-order chi connectivity index (χ1) is 12.7. The van der Waals surface area contributed by atoms with Gasteiger partial charge in [0.1, 0.15) is 5.82 Å². The Kier molecular flexibility index (Phi) is 8.60. The average molecular weight is 512 g/mol. The Labute approximate surface area is 175 Å². The second kappa shape index (κ2) is 10.2. The van der Waals surface area contributed by atoms with E-state index in [2.05, 4.69) is 15.6 Å². The van der Waals surface area contributed by atoms with Crippen LogP contribution in [-0.2, 0) is 19.3 Å². The molecular weight excluding hydrogens is 495 g/mol. The summed E-state index contributed by atoms with van der Waals surface area (Å²) in [5.74, 6) is -0.837. The van der Waals surface area contributed by atoms with Crippen LogP contribution in [0.1, 0.15) is 16.7 Å². The van der Waals surface area contributed by atoms with Crippen LogP contribution in [-0.4, -0.2) is 17.9 Å². The highest BCUT2D eigenvalue weighted by Crippen LogP contribution is 2.32. The van der Waals surface area contributed by atoms with Gasteiger partial charge in [-0.15, -0.1) is 24.0 Å². The highest BCUT2D eigenvalue weighted by Gasteiger charge is 2.33. The van der Waals surface area contributed by atoms with Crippen LogP contribution in [0.4, 0.5) is 23.2 Å². The van der Waals surface area contributed by atoms with Crippen LogP contribution in [0, 0.1) is 15.9 Å². The minimum Gasteiger partial charge on any atom is -0.352 e. The number of nitrogens with zero attached hydrogens (tertiary/aromatic N) is 2. The molecule has 0 atom stereocenters. The second-order valence-corrected chi connectivity index (χ2v) is 5.46. The molecule has 2 rings (SSSR count). The summed E-state index contributed by atoms with van der Waals surface area (Å²) in [6.45, 7) is -0.210. The molecule has 0 aliphatic rings.